The molecule has 0 saturated carbocycles. The van der Waals surface area contributed by atoms with Crippen LogP contribution < -0.4 is 14.8 Å². The van der Waals surface area contributed by atoms with Crippen LogP contribution in [0.3, 0.4) is 0 Å². The molecule has 4 rings (SSSR count). The zero-order chi connectivity index (χ0) is 27.6. The second-order valence-electron chi connectivity index (χ2n) is 7.60. The number of para-hydroxylation sites is 1. The maximum absolute atomic E-state index is 14.0. The van der Waals surface area contributed by atoms with Crippen LogP contribution in [0.4, 0.5) is 28.9 Å². The van der Waals surface area contributed by atoms with Crippen molar-refractivity contribution >= 4 is 50.5 Å². The minimum atomic E-state index is -4.31. The van der Waals surface area contributed by atoms with Gasteiger partial charge in [0.15, 0.2) is 23.3 Å². The number of sulfonamides is 1. The molecule has 38 heavy (non-hydrogen) atoms. The first-order valence-corrected chi connectivity index (χ1v) is 12.7. The van der Waals surface area contributed by atoms with Crippen LogP contribution in [0.1, 0.15) is 10.4 Å². The Morgan fingerprint density at radius 3 is 2.08 bits per heavy atom. The fourth-order valence-electron chi connectivity index (χ4n) is 3.20. The van der Waals surface area contributed by atoms with Gasteiger partial charge in [-0.3, -0.25) is 9.52 Å². The standard InChI is InChI=1S/C25H14Cl2F4N2O4S/c26-13-5-10-20(16(11-13)25(34)32-24-22(30)18(28)12-19(29)23(24)31)33-38(35,36)15-8-6-14(7-9-15)37-21-4-2-1-3-17(21)27/h1-12,33H,(H,32,34). The van der Waals surface area contributed by atoms with E-state index < -0.39 is 50.5 Å². The van der Waals surface area contributed by atoms with E-state index in [1.807, 2.05) is 0 Å². The Hall–Kier alpha value is -3.80. The number of halogens is 6. The highest BCUT2D eigenvalue weighted by molar-refractivity contribution is 7.92. The summed E-state index contributed by atoms with van der Waals surface area (Å²) in [5.41, 5.74) is -2.21. The van der Waals surface area contributed by atoms with Crippen LogP contribution in [0, 0.1) is 23.3 Å². The molecule has 0 aliphatic heterocycles. The SMILES string of the molecule is O=C(Nc1c(F)c(F)cc(F)c1F)c1cc(Cl)ccc1NS(=O)(=O)c1ccc(Oc2ccccc2Cl)cc1. The minimum Gasteiger partial charge on any atom is -0.456 e. The largest absolute Gasteiger partial charge is 0.456 e. The molecule has 196 valence electrons. The Labute approximate surface area is 223 Å². The number of carbonyl (C=O) groups is 1. The van der Waals surface area contributed by atoms with Gasteiger partial charge in [-0.1, -0.05) is 35.3 Å². The van der Waals surface area contributed by atoms with Crippen LogP contribution in [-0.2, 0) is 10.0 Å². The molecule has 1 amide bonds. The fourth-order valence-corrected chi connectivity index (χ4v) is 4.63. The van der Waals surface area contributed by atoms with Gasteiger partial charge in [-0.15, -0.1) is 0 Å². The van der Waals surface area contributed by atoms with Crippen molar-refractivity contribution in [1.82, 2.24) is 0 Å². The number of hydrogen-bond donors (Lipinski definition) is 2. The number of amides is 1. The van der Waals surface area contributed by atoms with Crippen molar-refractivity contribution in [2.24, 2.45) is 0 Å². The first-order valence-electron chi connectivity index (χ1n) is 10.5. The maximum Gasteiger partial charge on any atom is 0.261 e. The van der Waals surface area contributed by atoms with E-state index in [9.17, 15) is 30.8 Å². The van der Waals surface area contributed by atoms with E-state index in [4.69, 9.17) is 27.9 Å². The van der Waals surface area contributed by atoms with Crippen LogP contribution in [0.5, 0.6) is 11.5 Å². The number of anilines is 2. The molecule has 0 aliphatic carbocycles. The predicted molar refractivity (Wildman–Crippen MR) is 134 cm³/mol. The van der Waals surface area contributed by atoms with E-state index in [0.29, 0.717) is 10.8 Å². The first-order chi connectivity index (χ1) is 18.0. The topological polar surface area (TPSA) is 84.5 Å². The average molecular weight is 585 g/mol. The second-order valence-corrected chi connectivity index (χ2v) is 10.1. The highest BCUT2D eigenvalue weighted by Crippen LogP contribution is 2.31. The number of hydrogen-bond acceptors (Lipinski definition) is 4. The van der Waals surface area contributed by atoms with E-state index in [2.05, 4.69) is 4.72 Å². The zero-order valence-corrected chi connectivity index (χ0v) is 21.1. The van der Waals surface area contributed by atoms with Crippen LogP contribution in [0.25, 0.3) is 0 Å². The highest BCUT2D eigenvalue weighted by Gasteiger charge is 2.24. The summed E-state index contributed by atoms with van der Waals surface area (Å²) in [5, 5.41) is 2.03. The smallest absolute Gasteiger partial charge is 0.261 e. The highest BCUT2D eigenvalue weighted by atomic mass is 35.5. The van der Waals surface area contributed by atoms with Crippen molar-refractivity contribution in [3.8, 4) is 11.5 Å². The van der Waals surface area contributed by atoms with Gasteiger partial charge >= 0.3 is 0 Å². The average Bonchev–Trinajstić information content (AvgIpc) is 2.88. The molecule has 0 saturated heterocycles. The Balaban J connectivity index is 1.59. The van der Waals surface area contributed by atoms with E-state index in [0.717, 1.165) is 12.1 Å². The maximum atomic E-state index is 14.0. The van der Waals surface area contributed by atoms with E-state index in [1.54, 1.807) is 29.6 Å². The van der Waals surface area contributed by atoms with Crippen molar-refractivity contribution in [3.63, 3.8) is 0 Å². The van der Waals surface area contributed by atoms with E-state index in [-0.39, 0.29) is 27.4 Å². The summed E-state index contributed by atoms with van der Waals surface area (Å²) in [5.74, 6) is -7.83. The van der Waals surface area contributed by atoms with E-state index in [1.165, 1.54) is 30.3 Å². The van der Waals surface area contributed by atoms with Crippen molar-refractivity contribution in [2.75, 3.05) is 10.0 Å². The van der Waals surface area contributed by atoms with Gasteiger partial charge < -0.3 is 10.1 Å². The lowest BCUT2D eigenvalue weighted by atomic mass is 10.1. The van der Waals surface area contributed by atoms with Gasteiger partial charge in [0.05, 0.1) is 21.2 Å². The molecule has 0 atom stereocenters. The summed E-state index contributed by atoms with van der Waals surface area (Å²) in [4.78, 5) is 12.5. The molecule has 0 heterocycles. The Morgan fingerprint density at radius 2 is 1.45 bits per heavy atom. The van der Waals surface area contributed by atoms with Gasteiger partial charge in [0.1, 0.15) is 17.2 Å². The molecular weight excluding hydrogens is 571 g/mol. The Bertz CT molecular complexity index is 1630. The molecule has 0 aliphatic rings. The van der Waals surface area contributed by atoms with Gasteiger partial charge in [-0.2, -0.15) is 0 Å². The third-order valence-electron chi connectivity index (χ3n) is 5.02. The minimum absolute atomic E-state index is 0.0238. The monoisotopic (exact) mass is 584 g/mol. The summed E-state index contributed by atoms with van der Waals surface area (Å²) in [7, 11) is -4.31. The first kappa shape index (κ1) is 27.2. The number of nitrogens with one attached hydrogen (secondary N) is 2. The summed E-state index contributed by atoms with van der Waals surface area (Å²) in [6.45, 7) is 0. The van der Waals surface area contributed by atoms with Gasteiger partial charge in [-0.05, 0) is 54.6 Å². The number of ether oxygens (including phenoxy) is 1. The van der Waals surface area contributed by atoms with Crippen LogP contribution in [0.2, 0.25) is 10.0 Å². The number of rotatable bonds is 7. The van der Waals surface area contributed by atoms with Crippen molar-refractivity contribution in [3.05, 3.63) is 112 Å². The Morgan fingerprint density at radius 1 is 0.816 bits per heavy atom. The molecule has 13 heteroatoms. The molecule has 4 aromatic rings. The zero-order valence-electron chi connectivity index (χ0n) is 18.7. The van der Waals surface area contributed by atoms with E-state index >= 15 is 0 Å². The third-order valence-corrected chi connectivity index (χ3v) is 6.95. The summed E-state index contributed by atoms with van der Waals surface area (Å²) in [6.07, 6.45) is 0. The van der Waals surface area contributed by atoms with Gasteiger partial charge in [-0.25, -0.2) is 26.0 Å². The van der Waals surface area contributed by atoms with Gasteiger partial charge in [0.2, 0.25) is 0 Å². The predicted octanol–water partition coefficient (Wildman–Crippen LogP) is 7.40. The molecule has 6 nitrogen and oxygen atoms in total. The molecule has 0 radical (unpaired) electrons. The lowest BCUT2D eigenvalue weighted by Crippen LogP contribution is -2.20. The summed E-state index contributed by atoms with van der Waals surface area (Å²) in [6, 6.07) is 15.2. The van der Waals surface area contributed by atoms with Crippen LogP contribution in [-0.4, -0.2) is 14.3 Å². The number of carbonyl (C=O) groups excluding carboxylic acids is 1. The lowest BCUT2D eigenvalue weighted by molar-refractivity contribution is 0.102. The second kappa shape index (κ2) is 10.9. The summed E-state index contributed by atoms with van der Waals surface area (Å²) < 4.78 is 88.9. The molecular formula is C25H14Cl2F4N2O4S. The molecule has 0 bridgehead atoms. The van der Waals surface area contributed by atoms with Crippen molar-refractivity contribution < 1.29 is 35.5 Å². The van der Waals surface area contributed by atoms with Gasteiger partial charge in [0.25, 0.3) is 15.9 Å². The summed E-state index contributed by atoms with van der Waals surface area (Å²) >= 11 is 12.0. The van der Waals surface area contributed by atoms with Crippen LogP contribution in [0.15, 0.2) is 77.7 Å². The third kappa shape index (κ3) is 5.85. The quantitative estimate of drug-likeness (QED) is 0.175. The molecule has 0 spiro atoms. The molecule has 0 fully saturated rings. The molecule has 4 aromatic carbocycles. The lowest BCUT2D eigenvalue weighted by Gasteiger charge is -2.14. The number of benzene rings is 4. The Kier molecular flexibility index (Phi) is 7.81. The van der Waals surface area contributed by atoms with Crippen LogP contribution >= 0.6 is 23.2 Å². The normalized spacial score (nSPS) is 11.2. The van der Waals surface area contributed by atoms with Crippen molar-refractivity contribution in [2.45, 2.75) is 4.90 Å². The van der Waals surface area contributed by atoms with Crippen molar-refractivity contribution in [1.29, 1.82) is 0 Å². The molecule has 2 N–H and O–H groups in total. The fraction of sp³-hybridized carbons (Fsp3) is 0. The molecule has 0 aromatic heterocycles. The molecule has 0 unspecified atom stereocenters. The van der Waals surface area contributed by atoms with Gasteiger partial charge in [0, 0.05) is 11.1 Å².